The van der Waals surface area contributed by atoms with Crippen LogP contribution in [0.2, 0.25) is 0 Å². The van der Waals surface area contributed by atoms with Gasteiger partial charge in [-0.25, -0.2) is 0 Å². The first-order valence-corrected chi connectivity index (χ1v) is 16.2. The zero-order chi connectivity index (χ0) is 29.1. The number of amides is 2. The quantitative estimate of drug-likeness (QED) is 0.236. The number of unbranched alkanes of at least 4 members (excludes halogenated alkanes) is 1. The molecule has 2 amide bonds. The molecule has 5 rings (SSSR count). The van der Waals surface area contributed by atoms with Gasteiger partial charge in [-0.05, 0) is 79.5 Å². The number of rotatable bonds is 11. The molecule has 0 aliphatic heterocycles. The van der Waals surface area contributed by atoms with E-state index in [0.29, 0.717) is 12.1 Å². The lowest BCUT2D eigenvalue weighted by Crippen LogP contribution is -2.57. The molecule has 2 aliphatic rings. The van der Waals surface area contributed by atoms with Gasteiger partial charge in [0.1, 0.15) is 17.5 Å². The van der Waals surface area contributed by atoms with Gasteiger partial charge >= 0.3 is 0 Å². The Kier molecular flexibility index (Phi) is 10.7. The van der Waals surface area contributed by atoms with Crippen molar-refractivity contribution in [1.82, 2.24) is 10.2 Å². The Labute approximate surface area is 251 Å². The highest BCUT2D eigenvalue weighted by Gasteiger charge is 2.41. The number of nitrogens with one attached hydrogen (secondary N) is 1. The first kappa shape index (κ1) is 29.9. The molecule has 0 bridgehead atoms. The summed E-state index contributed by atoms with van der Waals surface area (Å²) in [6, 6.07) is 25.2. The Hall–Kier alpha value is -3.60. The third-order valence-corrected chi connectivity index (χ3v) is 9.00. The number of benzene rings is 3. The van der Waals surface area contributed by atoms with E-state index in [0.717, 1.165) is 86.8 Å². The first-order valence-electron chi connectivity index (χ1n) is 16.2. The molecule has 0 aromatic heterocycles. The summed E-state index contributed by atoms with van der Waals surface area (Å²) in [5.74, 6) is 1.76. The van der Waals surface area contributed by atoms with Crippen LogP contribution in [0.15, 0.2) is 78.9 Å². The van der Waals surface area contributed by atoms with Gasteiger partial charge in [-0.3, -0.25) is 9.59 Å². The van der Waals surface area contributed by atoms with E-state index >= 15 is 0 Å². The lowest BCUT2D eigenvalue weighted by atomic mass is 9.80. The van der Waals surface area contributed by atoms with Crippen LogP contribution in [0.3, 0.4) is 0 Å². The number of hydrogen-bond donors (Lipinski definition) is 1. The monoisotopic (exact) mass is 566 g/mol. The Balaban J connectivity index is 1.47. The highest BCUT2D eigenvalue weighted by atomic mass is 16.5. The second-order valence-electron chi connectivity index (χ2n) is 12.0. The smallest absolute Gasteiger partial charge is 0.255 e. The Morgan fingerprint density at radius 2 is 1.40 bits per heavy atom. The molecule has 5 heteroatoms. The molecular weight excluding hydrogens is 520 g/mol. The van der Waals surface area contributed by atoms with Crippen molar-refractivity contribution in [3.63, 3.8) is 0 Å². The van der Waals surface area contributed by atoms with Gasteiger partial charge in [-0.15, -0.1) is 0 Å². The Morgan fingerprint density at radius 1 is 0.786 bits per heavy atom. The molecule has 42 heavy (non-hydrogen) atoms. The zero-order valence-corrected chi connectivity index (χ0v) is 25.1. The van der Waals surface area contributed by atoms with E-state index in [1.165, 1.54) is 12.8 Å². The van der Waals surface area contributed by atoms with Crippen LogP contribution in [0, 0.1) is 5.92 Å². The molecule has 1 unspecified atom stereocenters. The van der Waals surface area contributed by atoms with Crippen LogP contribution in [0.4, 0.5) is 0 Å². The normalized spacial score (nSPS) is 16.9. The van der Waals surface area contributed by atoms with Crippen molar-refractivity contribution < 1.29 is 14.3 Å². The van der Waals surface area contributed by atoms with Gasteiger partial charge in [0.05, 0.1) is 0 Å². The fraction of sp³-hybridized carbons (Fsp3) is 0.459. The molecule has 0 spiro atoms. The van der Waals surface area contributed by atoms with Gasteiger partial charge in [0.25, 0.3) is 5.91 Å². The summed E-state index contributed by atoms with van der Waals surface area (Å²) < 4.78 is 6.01. The predicted molar refractivity (Wildman–Crippen MR) is 170 cm³/mol. The van der Waals surface area contributed by atoms with E-state index in [9.17, 15) is 9.59 Å². The molecule has 5 nitrogen and oxygen atoms in total. The molecule has 3 aromatic rings. The van der Waals surface area contributed by atoms with Crippen molar-refractivity contribution in [2.45, 2.75) is 96.1 Å². The van der Waals surface area contributed by atoms with Crippen molar-refractivity contribution in [3.05, 3.63) is 84.4 Å². The number of nitrogens with zero attached hydrogens (tertiary/aromatic N) is 1. The summed E-state index contributed by atoms with van der Waals surface area (Å²) in [4.78, 5) is 30.8. The molecule has 0 saturated heterocycles. The van der Waals surface area contributed by atoms with Crippen LogP contribution in [0.5, 0.6) is 11.5 Å². The minimum Gasteiger partial charge on any atom is -0.457 e. The number of carbonyl (C=O) groups is 2. The number of para-hydroxylation sites is 1. The minimum absolute atomic E-state index is 0.0108. The topological polar surface area (TPSA) is 58.6 Å². The number of hydrogen-bond acceptors (Lipinski definition) is 3. The molecule has 222 valence electrons. The van der Waals surface area contributed by atoms with Crippen molar-refractivity contribution in [2.24, 2.45) is 5.92 Å². The van der Waals surface area contributed by atoms with Crippen molar-refractivity contribution in [3.8, 4) is 22.6 Å². The largest absolute Gasteiger partial charge is 0.457 e. The number of carbonyl (C=O) groups excluding carboxylic acids is 2. The average Bonchev–Trinajstić information content (AvgIpc) is 3.05. The van der Waals surface area contributed by atoms with Crippen LogP contribution in [-0.2, 0) is 4.79 Å². The fourth-order valence-electron chi connectivity index (χ4n) is 6.78. The van der Waals surface area contributed by atoms with Crippen molar-refractivity contribution in [1.29, 1.82) is 0 Å². The Bertz CT molecular complexity index is 1280. The maximum atomic E-state index is 14.8. The van der Waals surface area contributed by atoms with Crippen molar-refractivity contribution >= 4 is 11.8 Å². The average molecular weight is 567 g/mol. The SMILES string of the molecule is CCCCNC(=O)C(C1CCCCC1)N(C(=O)c1ccccc1-c1ccc(Oc2ccccc2)cc1)C1CCCCC1. The molecule has 0 heterocycles. The molecule has 1 N–H and O–H groups in total. The molecule has 0 radical (unpaired) electrons. The second kappa shape index (κ2) is 15.0. The van der Waals surface area contributed by atoms with E-state index in [1.807, 2.05) is 83.8 Å². The summed E-state index contributed by atoms with van der Waals surface area (Å²) in [6.07, 6.45) is 12.8. The second-order valence-corrected chi connectivity index (χ2v) is 12.0. The third-order valence-electron chi connectivity index (χ3n) is 9.00. The molecule has 3 aromatic carbocycles. The van der Waals surface area contributed by atoms with Gasteiger partial charge in [-0.2, -0.15) is 0 Å². The van der Waals surface area contributed by atoms with Gasteiger partial charge in [0, 0.05) is 18.2 Å². The van der Waals surface area contributed by atoms with Crippen LogP contribution >= 0.6 is 0 Å². The summed E-state index contributed by atoms with van der Waals surface area (Å²) in [6.45, 7) is 2.80. The highest BCUT2D eigenvalue weighted by molar-refractivity contribution is 6.03. The van der Waals surface area contributed by atoms with Gasteiger partial charge in [0.2, 0.25) is 5.91 Å². The molecule has 2 aliphatic carbocycles. The van der Waals surface area contributed by atoms with E-state index in [4.69, 9.17) is 4.74 Å². The summed E-state index contributed by atoms with van der Waals surface area (Å²) in [7, 11) is 0. The first-order chi connectivity index (χ1) is 20.7. The lowest BCUT2D eigenvalue weighted by Gasteiger charge is -2.43. The van der Waals surface area contributed by atoms with Crippen LogP contribution in [-0.4, -0.2) is 35.3 Å². The number of ether oxygens (including phenoxy) is 1. The minimum atomic E-state index is -0.424. The summed E-state index contributed by atoms with van der Waals surface area (Å²) >= 11 is 0. The molecular formula is C37H46N2O3. The standard InChI is InChI=1S/C37H46N2O3/c1-2-3-27-38-36(40)35(29-15-7-4-8-16-29)39(30-17-9-5-10-18-30)37(41)34-22-14-13-21-33(34)28-23-25-32(26-24-28)42-31-19-11-6-12-20-31/h6,11-14,19-26,29-30,35H,2-5,7-10,15-18,27H2,1H3,(H,38,40). The zero-order valence-electron chi connectivity index (χ0n) is 25.1. The summed E-state index contributed by atoms with van der Waals surface area (Å²) in [5, 5.41) is 3.23. The maximum Gasteiger partial charge on any atom is 0.255 e. The fourth-order valence-corrected chi connectivity index (χ4v) is 6.78. The summed E-state index contributed by atoms with van der Waals surface area (Å²) in [5.41, 5.74) is 2.52. The molecule has 2 saturated carbocycles. The van der Waals surface area contributed by atoms with Crippen LogP contribution in [0.1, 0.15) is 94.3 Å². The van der Waals surface area contributed by atoms with Crippen LogP contribution < -0.4 is 10.1 Å². The van der Waals surface area contributed by atoms with E-state index in [1.54, 1.807) is 0 Å². The van der Waals surface area contributed by atoms with Gasteiger partial charge in [-0.1, -0.05) is 100 Å². The lowest BCUT2D eigenvalue weighted by molar-refractivity contribution is -0.129. The molecule has 2 fully saturated rings. The van der Waals surface area contributed by atoms with Gasteiger partial charge < -0.3 is 15.0 Å². The Morgan fingerprint density at radius 3 is 2.10 bits per heavy atom. The van der Waals surface area contributed by atoms with Crippen molar-refractivity contribution in [2.75, 3.05) is 6.54 Å². The van der Waals surface area contributed by atoms with Gasteiger partial charge in [0.15, 0.2) is 0 Å². The van der Waals surface area contributed by atoms with E-state index in [-0.39, 0.29) is 23.8 Å². The van der Waals surface area contributed by atoms with E-state index in [2.05, 4.69) is 12.2 Å². The highest BCUT2D eigenvalue weighted by Crippen LogP contribution is 2.36. The van der Waals surface area contributed by atoms with E-state index < -0.39 is 6.04 Å². The van der Waals surface area contributed by atoms with Crippen LogP contribution in [0.25, 0.3) is 11.1 Å². The maximum absolute atomic E-state index is 14.8. The third kappa shape index (κ3) is 7.42. The predicted octanol–water partition coefficient (Wildman–Crippen LogP) is 8.79. The molecule has 1 atom stereocenters.